The van der Waals surface area contributed by atoms with E-state index in [1.807, 2.05) is 23.6 Å². The average Bonchev–Trinajstić information content (AvgIpc) is 3.50. The summed E-state index contributed by atoms with van der Waals surface area (Å²) in [6.07, 6.45) is 1.05. The first-order valence-corrected chi connectivity index (χ1v) is 11.5. The van der Waals surface area contributed by atoms with Gasteiger partial charge in [-0.1, -0.05) is 30.3 Å². The number of benzene rings is 2. The summed E-state index contributed by atoms with van der Waals surface area (Å²) >= 11 is 1.68. The van der Waals surface area contributed by atoms with E-state index in [9.17, 15) is 9.59 Å². The number of hydrogen-bond acceptors (Lipinski definition) is 5. The number of ether oxygens (including phenoxy) is 2. The summed E-state index contributed by atoms with van der Waals surface area (Å²) < 4.78 is 11.1. The number of fused-ring (bicyclic) bond motifs is 1. The minimum absolute atomic E-state index is 0.127. The predicted molar refractivity (Wildman–Crippen MR) is 123 cm³/mol. The van der Waals surface area contributed by atoms with Gasteiger partial charge in [0.05, 0.1) is 5.41 Å². The van der Waals surface area contributed by atoms with Crippen molar-refractivity contribution in [2.24, 2.45) is 11.1 Å². The summed E-state index contributed by atoms with van der Waals surface area (Å²) in [4.78, 5) is 28.7. The van der Waals surface area contributed by atoms with Crippen molar-refractivity contribution in [2.45, 2.75) is 12.8 Å². The highest BCUT2D eigenvalue weighted by molar-refractivity contribution is 7.13. The van der Waals surface area contributed by atoms with E-state index in [1.54, 1.807) is 34.4 Å². The van der Waals surface area contributed by atoms with Crippen LogP contribution in [0.5, 0.6) is 11.5 Å². The summed E-state index contributed by atoms with van der Waals surface area (Å²) in [5, 5.41) is 2.05. The monoisotopic (exact) mass is 448 g/mol. The van der Waals surface area contributed by atoms with Crippen LogP contribution in [-0.2, 0) is 11.2 Å². The molecule has 2 aromatic carbocycles. The lowest BCUT2D eigenvalue weighted by molar-refractivity contribution is -0.126. The normalized spacial score (nSPS) is 19.7. The Labute approximate surface area is 190 Å². The number of nitrogens with two attached hydrogens (primary N) is 1. The Morgan fingerprint density at radius 1 is 1.03 bits per heavy atom. The van der Waals surface area contributed by atoms with Gasteiger partial charge in [-0.25, -0.2) is 0 Å². The van der Waals surface area contributed by atoms with Crippen LogP contribution in [-0.4, -0.2) is 43.0 Å². The molecule has 2 aliphatic heterocycles. The lowest BCUT2D eigenvalue weighted by Gasteiger charge is -2.26. The molecular formula is C25H24N2O4S. The third kappa shape index (κ3) is 3.84. The van der Waals surface area contributed by atoms with Crippen molar-refractivity contribution in [3.63, 3.8) is 0 Å². The molecule has 2 amide bonds. The molecule has 1 fully saturated rings. The largest absolute Gasteiger partial charge is 0.486 e. The molecule has 3 heterocycles. The van der Waals surface area contributed by atoms with E-state index >= 15 is 0 Å². The van der Waals surface area contributed by atoms with Crippen molar-refractivity contribution in [3.8, 4) is 21.9 Å². The fraction of sp³-hybridized carbons (Fsp3) is 0.280. The van der Waals surface area contributed by atoms with Crippen LogP contribution in [0.15, 0.2) is 60.0 Å². The second kappa shape index (κ2) is 8.31. The number of amides is 2. The molecule has 1 saturated heterocycles. The van der Waals surface area contributed by atoms with Crippen LogP contribution < -0.4 is 15.2 Å². The first-order chi connectivity index (χ1) is 15.5. The van der Waals surface area contributed by atoms with Gasteiger partial charge in [0.15, 0.2) is 11.5 Å². The fourth-order valence-corrected chi connectivity index (χ4v) is 5.23. The van der Waals surface area contributed by atoms with Gasteiger partial charge in [-0.15, -0.1) is 11.3 Å². The molecule has 32 heavy (non-hydrogen) atoms. The maximum atomic E-state index is 13.2. The molecule has 3 aromatic rings. The van der Waals surface area contributed by atoms with Crippen molar-refractivity contribution in [2.75, 3.05) is 26.3 Å². The van der Waals surface area contributed by atoms with E-state index in [0.29, 0.717) is 56.2 Å². The Kier molecular flexibility index (Phi) is 5.35. The average molecular weight is 449 g/mol. The molecule has 0 bridgehead atoms. The van der Waals surface area contributed by atoms with E-state index in [1.165, 1.54) is 4.88 Å². The molecule has 0 unspecified atom stereocenters. The zero-order chi connectivity index (χ0) is 22.1. The van der Waals surface area contributed by atoms with Crippen LogP contribution >= 0.6 is 11.3 Å². The quantitative estimate of drug-likeness (QED) is 0.645. The summed E-state index contributed by atoms with van der Waals surface area (Å²) in [5.41, 5.74) is 7.81. The Bertz CT molecular complexity index is 1160. The van der Waals surface area contributed by atoms with Crippen LogP contribution in [0.2, 0.25) is 0 Å². The van der Waals surface area contributed by atoms with Gasteiger partial charge in [-0.2, -0.15) is 0 Å². The molecule has 2 aliphatic rings. The number of thiophene rings is 1. The predicted octanol–water partition coefficient (Wildman–Crippen LogP) is 3.75. The molecule has 1 atom stereocenters. The number of likely N-dealkylation sites (tertiary alicyclic amines) is 1. The zero-order valence-electron chi connectivity index (χ0n) is 17.6. The molecule has 6 nitrogen and oxygen atoms in total. The molecule has 7 heteroatoms. The molecule has 0 radical (unpaired) electrons. The van der Waals surface area contributed by atoms with E-state index < -0.39 is 5.41 Å². The maximum absolute atomic E-state index is 13.2. The Hall–Kier alpha value is -3.32. The molecule has 0 saturated carbocycles. The van der Waals surface area contributed by atoms with Gasteiger partial charge in [0, 0.05) is 23.5 Å². The summed E-state index contributed by atoms with van der Waals surface area (Å²) in [5.74, 6) is 0.730. The summed E-state index contributed by atoms with van der Waals surface area (Å²) in [6.45, 7) is 1.75. The van der Waals surface area contributed by atoms with Crippen LogP contribution in [0.3, 0.4) is 0 Å². The molecule has 1 aromatic heterocycles. The number of rotatable bonds is 5. The molecule has 5 rings (SSSR count). The van der Waals surface area contributed by atoms with Crippen LogP contribution in [0.25, 0.3) is 10.4 Å². The SMILES string of the molecule is NC(=O)[C@@]1(Cc2cccc(-c3cccs3)c2)CCN(C(=O)c2ccc3c(c2)OCCO3)C1. The molecule has 2 N–H and O–H groups in total. The summed E-state index contributed by atoms with van der Waals surface area (Å²) in [7, 11) is 0. The van der Waals surface area contributed by atoms with Gasteiger partial charge < -0.3 is 20.1 Å². The highest BCUT2D eigenvalue weighted by Crippen LogP contribution is 2.37. The van der Waals surface area contributed by atoms with Crippen molar-refractivity contribution in [3.05, 3.63) is 71.1 Å². The van der Waals surface area contributed by atoms with Crippen LogP contribution in [0.4, 0.5) is 0 Å². The third-order valence-corrected chi connectivity index (χ3v) is 7.15. The van der Waals surface area contributed by atoms with E-state index in [4.69, 9.17) is 15.2 Å². The number of carbonyl (C=O) groups is 2. The number of primary amides is 1. The lowest BCUT2D eigenvalue weighted by atomic mass is 9.80. The smallest absolute Gasteiger partial charge is 0.254 e. The zero-order valence-corrected chi connectivity index (χ0v) is 18.4. The highest BCUT2D eigenvalue weighted by atomic mass is 32.1. The van der Waals surface area contributed by atoms with Crippen molar-refractivity contribution >= 4 is 23.2 Å². The van der Waals surface area contributed by atoms with Crippen molar-refractivity contribution < 1.29 is 19.1 Å². The highest BCUT2D eigenvalue weighted by Gasteiger charge is 2.45. The van der Waals surface area contributed by atoms with Crippen LogP contribution in [0, 0.1) is 5.41 Å². The van der Waals surface area contributed by atoms with E-state index in [0.717, 1.165) is 11.1 Å². The van der Waals surface area contributed by atoms with E-state index in [2.05, 4.69) is 18.2 Å². The molecule has 164 valence electrons. The standard InChI is InChI=1S/C25H24N2O4S/c26-24(29)25(15-17-3-1-4-18(13-17)22-5-2-12-32-22)8-9-27(16-25)23(28)19-6-7-20-21(14-19)31-11-10-30-20/h1-7,12-14H,8-11,15-16H2,(H2,26,29)/t25-/m1/s1. The van der Waals surface area contributed by atoms with E-state index in [-0.39, 0.29) is 11.8 Å². The van der Waals surface area contributed by atoms with Gasteiger partial charge in [-0.05, 0) is 53.6 Å². The minimum Gasteiger partial charge on any atom is -0.486 e. The second-order valence-corrected chi connectivity index (χ2v) is 9.28. The number of nitrogens with zero attached hydrogens (tertiary/aromatic N) is 1. The van der Waals surface area contributed by atoms with Gasteiger partial charge in [0.25, 0.3) is 5.91 Å². The minimum atomic E-state index is -0.780. The molecule has 0 spiro atoms. The topological polar surface area (TPSA) is 81.9 Å². The Balaban J connectivity index is 1.36. The molecule has 0 aliphatic carbocycles. The van der Waals surface area contributed by atoms with Crippen molar-refractivity contribution in [1.29, 1.82) is 0 Å². The van der Waals surface area contributed by atoms with Gasteiger partial charge in [0.1, 0.15) is 13.2 Å². The Morgan fingerprint density at radius 3 is 2.66 bits per heavy atom. The Morgan fingerprint density at radius 2 is 1.88 bits per heavy atom. The second-order valence-electron chi connectivity index (χ2n) is 8.33. The fourth-order valence-electron chi connectivity index (χ4n) is 4.51. The van der Waals surface area contributed by atoms with Gasteiger partial charge in [-0.3, -0.25) is 9.59 Å². The number of carbonyl (C=O) groups excluding carboxylic acids is 2. The van der Waals surface area contributed by atoms with Crippen LogP contribution in [0.1, 0.15) is 22.3 Å². The van der Waals surface area contributed by atoms with Gasteiger partial charge in [0.2, 0.25) is 5.91 Å². The third-order valence-electron chi connectivity index (χ3n) is 6.23. The maximum Gasteiger partial charge on any atom is 0.254 e. The molecular weight excluding hydrogens is 424 g/mol. The van der Waals surface area contributed by atoms with Gasteiger partial charge >= 0.3 is 0 Å². The first-order valence-electron chi connectivity index (χ1n) is 10.7. The first kappa shape index (κ1) is 20.6. The van der Waals surface area contributed by atoms with Crippen molar-refractivity contribution in [1.82, 2.24) is 4.90 Å². The lowest BCUT2D eigenvalue weighted by Crippen LogP contribution is -2.42. The number of hydrogen-bond donors (Lipinski definition) is 1. The summed E-state index contributed by atoms with van der Waals surface area (Å²) in [6, 6.07) is 17.5.